The fourth-order valence-electron chi connectivity index (χ4n) is 3.47. The van der Waals surface area contributed by atoms with E-state index in [4.69, 9.17) is 4.74 Å². The standard InChI is InChI=1S/C22H23FIN3O5S/c1-10(2)25-19(29)12(4)27-20(30)17-11(3)18(24)33-21(17)26(22(27)31)9-15(28)14-8-13(23)6-7-16(14)32-5/h6-8,10,12H,9H2,1-5H3,(H,25,29). The number of aromatic nitrogens is 2. The van der Waals surface area contributed by atoms with Crippen LogP contribution >= 0.6 is 33.9 Å². The lowest BCUT2D eigenvalue weighted by molar-refractivity contribution is -0.124. The summed E-state index contributed by atoms with van der Waals surface area (Å²) >= 11 is 3.26. The fraction of sp³-hybridized carbons (Fsp3) is 0.364. The number of fused-ring (bicyclic) bond motifs is 1. The van der Waals surface area contributed by atoms with Crippen LogP contribution in [0.25, 0.3) is 10.2 Å². The predicted octanol–water partition coefficient (Wildman–Crippen LogP) is 3.25. The molecular formula is C22H23FIN3O5S. The van der Waals surface area contributed by atoms with Crippen LogP contribution in [0.1, 0.15) is 42.7 Å². The second-order valence-electron chi connectivity index (χ2n) is 7.83. The van der Waals surface area contributed by atoms with Crippen LogP contribution in [-0.2, 0) is 11.3 Å². The molecule has 3 rings (SSSR count). The summed E-state index contributed by atoms with van der Waals surface area (Å²) in [6, 6.07) is 2.26. The minimum atomic E-state index is -1.10. The average Bonchev–Trinajstić information content (AvgIpc) is 3.04. The molecule has 11 heteroatoms. The van der Waals surface area contributed by atoms with E-state index in [-0.39, 0.29) is 22.7 Å². The summed E-state index contributed by atoms with van der Waals surface area (Å²) < 4.78 is 21.8. The first-order valence-electron chi connectivity index (χ1n) is 10.1. The Morgan fingerprint density at radius 1 is 1.24 bits per heavy atom. The van der Waals surface area contributed by atoms with Gasteiger partial charge in [0.15, 0.2) is 5.78 Å². The van der Waals surface area contributed by atoms with Crippen molar-refractivity contribution < 1.29 is 18.7 Å². The number of hydrogen-bond acceptors (Lipinski definition) is 6. The van der Waals surface area contributed by atoms with E-state index in [0.717, 1.165) is 13.5 Å². The van der Waals surface area contributed by atoms with Crippen molar-refractivity contribution in [3.8, 4) is 5.75 Å². The highest BCUT2D eigenvalue weighted by atomic mass is 127. The van der Waals surface area contributed by atoms with Crippen molar-refractivity contribution in [1.29, 1.82) is 0 Å². The molecule has 2 heterocycles. The number of thiophene rings is 1. The van der Waals surface area contributed by atoms with Crippen LogP contribution in [0.4, 0.5) is 4.39 Å². The van der Waals surface area contributed by atoms with E-state index in [1.807, 2.05) is 0 Å². The number of benzene rings is 1. The molecule has 1 N–H and O–H groups in total. The van der Waals surface area contributed by atoms with Crippen molar-refractivity contribution in [2.45, 2.75) is 46.3 Å². The lowest BCUT2D eigenvalue weighted by Gasteiger charge is -2.18. The van der Waals surface area contributed by atoms with Gasteiger partial charge < -0.3 is 10.1 Å². The highest BCUT2D eigenvalue weighted by molar-refractivity contribution is 14.1. The quantitative estimate of drug-likeness (QED) is 0.338. The molecule has 8 nitrogen and oxygen atoms in total. The summed E-state index contributed by atoms with van der Waals surface area (Å²) in [5.74, 6) is -1.51. The van der Waals surface area contributed by atoms with Crippen LogP contribution in [0.2, 0.25) is 0 Å². The molecule has 0 aliphatic rings. The van der Waals surface area contributed by atoms with Gasteiger partial charge >= 0.3 is 5.69 Å². The van der Waals surface area contributed by atoms with Gasteiger partial charge in [0, 0.05) is 6.04 Å². The van der Waals surface area contributed by atoms with Crippen molar-refractivity contribution in [2.24, 2.45) is 0 Å². The highest BCUT2D eigenvalue weighted by Gasteiger charge is 2.27. The van der Waals surface area contributed by atoms with E-state index in [9.17, 15) is 23.6 Å². The summed E-state index contributed by atoms with van der Waals surface area (Å²) in [5, 5.41) is 2.97. The predicted molar refractivity (Wildman–Crippen MR) is 133 cm³/mol. The first-order chi connectivity index (χ1) is 15.5. The third-order valence-electron chi connectivity index (χ3n) is 5.15. The zero-order chi connectivity index (χ0) is 24.6. The number of hydrogen-bond donors (Lipinski definition) is 1. The molecule has 1 atom stereocenters. The first-order valence-corrected chi connectivity index (χ1v) is 12.0. The Labute approximate surface area is 206 Å². The number of aryl methyl sites for hydroxylation is 1. The Hall–Kier alpha value is -2.54. The van der Waals surface area contributed by atoms with Crippen LogP contribution in [0.15, 0.2) is 27.8 Å². The largest absolute Gasteiger partial charge is 0.496 e. The topological polar surface area (TPSA) is 99.4 Å². The number of rotatable bonds is 7. The lowest BCUT2D eigenvalue weighted by atomic mass is 10.1. The number of nitrogens with one attached hydrogen (secondary N) is 1. The number of nitrogens with zero attached hydrogens (tertiary/aromatic N) is 2. The number of carbonyl (C=O) groups excluding carboxylic acids is 2. The molecule has 2 aromatic heterocycles. The van der Waals surface area contributed by atoms with Crippen molar-refractivity contribution in [1.82, 2.24) is 14.5 Å². The fourth-order valence-corrected chi connectivity index (χ4v) is 5.38. The molecule has 176 valence electrons. The Morgan fingerprint density at radius 3 is 2.52 bits per heavy atom. The van der Waals surface area contributed by atoms with Gasteiger partial charge in [0.05, 0.1) is 27.5 Å². The van der Waals surface area contributed by atoms with E-state index in [0.29, 0.717) is 10.4 Å². The van der Waals surface area contributed by atoms with Crippen LogP contribution in [0, 0.1) is 15.6 Å². The Morgan fingerprint density at radius 2 is 1.91 bits per heavy atom. The molecule has 1 amide bonds. The van der Waals surface area contributed by atoms with Crippen molar-refractivity contribution >= 4 is 55.8 Å². The monoisotopic (exact) mass is 587 g/mol. The second kappa shape index (κ2) is 9.75. The van der Waals surface area contributed by atoms with Gasteiger partial charge in [-0.1, -0.05) is 0 Å². The molecule has 0 spiro atoms. The van der Waals surface area contributed by atoms with Gasteiger partial charge in [-0.05, 0) is 74.0 Å². The van der Waals surface area contributed by atoms with Crippen molar-refractivity contribution in [3.05, 3.63) is 58.9 Å². The molecule has 3 aromatic rings. The molecule has 0 radical (unpaired) electrons. The van der Waals surface area contributed by atoms with E-state index in [1.54, 1.807) is 20.8 Å². The van der Waals surface area contributed by atoms with Crippen LogP contribution < -0.4 is 21.3 Å². The zero-order valence-corrected chi connectivity index (χ0v) is 21.7. The summed E-state index contributed by atoms with van der Waals surface area (Å²) in [7, 11) is 1.36. The number of carbonyl (C=O) groups is 2. The summed E-state index contributed by atoms with van der Waals surface area (Å²) in [4.78, 5) is 52.8. The Kier molecular flexibility index (Phi) is 7.42. The van der Waals surface area contributed by atoms with Gasteiger partial charge in [-0.15, -0.1) is 11.3 Å². The molecule has 0 aliphatic carbocycles. The number of halogens is 2. The molecule has 0 bridgehead atoms. The van der Waals surface area contributed by atoms with E-state index in [1.165, 1.54) is 42.1 Å². The van der Waals surface area contributed by atoms with Gasteiger partial charge in [-0.2, -0.15) is 0 Å². The van der Waals surface area contributed by atoms with Gasteiger partial charge in [0.1, 0.15) is 22.4 Å². The third kappa shape index (κ3) is 4.74. The molecular weight excluding hydrogens is 564 g/mol. The molecule has 1 aromatic carbocycles. The minimum absolute atomic E-state index is 0.0242. The maximum absolute atomic E-state index is 13.8. The van der Waals surface area contributed by atoms with Gasteiger partial charge in [-0.3, -0.25) is 19.0 Å². The van der Waals surface area contributed by atoms with Gasteiger partial charge in [0.2, 0.25) is 5.91 Å². The van der Waals surface area contributed by atoms with E-state index >= 15 is 0 Å². The SMILES string of the molecule is COc1ccc(F)cc1C(=O)Cn1c(=O)n(C(C)C(=O)NC(C)C)c(=O)c2c(C)c(I)sc21. The van der Waals surface area contributed by atoms with E-state index < -0.39 is 41.3 Å². The normalized spacial score (nSPS) is 12.2. The van der Waals surface area contributed by atoms with Crippen LogP contribution in [-0.4, -0.2) is 34.0 Å². The first kappa shape index (κ1) is 25.1. The maximum Gasteiger partial charge on any atom is 0.333 e. The van der Waals surface area contributed by atoms with Crippen LogP contribution in [0.3, 0.4) is 0 Å². The molecule has 0 saturated carbocycles. The summed E-state index contributed by atoms with van der Waals surface area (Å²) in [6.45, 7) is 6.29. The second-order valence-corrected chi connectivity index (χ2v) is 10.6. The number of ketones is 1. The van der Waals surface area contributed by atoms with Gasteiger partial charge in [-0.25, -0.2) is 13.8 Å². The average molecular weight is 587 g/mol. The molecule has 0 saturated heterocycles. The molecule has 33 heavy (non-hydrogen) atoms. The van der Waals surface area contributed by atoms with Crippen molar-refractivity contribution in [2.75, 3.05) is 7.11 Å². The summed E-state index contributed by atoms with van der Waals surface area (Å²) in [6.07, 6.45) is 0. The number of Topliss-reactive ketones (excluding diaryl/α,β-unsaturated/α-hetero) is 1. The number of methoxy groups -OCH3 is 1. The molecule has 0 fully saturated rings. The Bertz CT molecular complexity index is 1380. The maximum atomic E-state index is 13.8. The zero-order valence-electron chi connectivity index (χ0n) is 18.7. The smallest absolute Gasteiger partial charge is 0.333 e. The number of ether oxygens (including phenoxy) is 1. The van der Waals surface area contributed by atoms with Crippen LogP contribution in [0.5, 0.6) is 5.75 Å². The minimum Gasteiger partial charge on any atom is -0.496 e. The highest BCUT2D eigenvalue weighted by Crippen LogP contribution is 2.30. The Balaban J connectivity index is 2.24. The van der Waals surface area contributed by atoms with Gasteiger partial charge in [0.25, 0.3) is 5.56 Å². The molecule has 0 aliphatic heterocycles. The molecule has 1 unspecified atom stereocenters. The lowest BCUT2D eigenvalue weighted by Crippen LogP contribution is -2.47. The van der Waals surface area contributed by atoms with E-state index in [2.05, 4.69) is 27.9 Å². The summed E-state index contributed by atoms with van der Waals surface area (Å²) in [5.41, 5.74) is -0.746. The van der Waals surface area contributed by atoms with Crippen molar-refractivity contribution in [3.63, 3.8) is 0 Å². The third-order valence-corrected chi connectivity index (χ3v) is 7.72. The number of amides is 1.